The lowest BCUT2D eigenvalue weighted by Crippen LogP contribution is -2.26. The fourth-order valence-electron chi connectivity index (χ4n) is 1.37. The average molecular weight is 251 g/mol. The van der Waals surface area contributed by atoms with Gasteiger partial charge in [0.15, 0.2) is 5.82 Å². The standard InChI is InChI=1S/C11H13N3O4/c1-7(11-13-9(6-16-2)14-18-11)12-10(15)8-3-4-17-5-8/h3-5,7H,6H2,1-2H3,(H,12,15). The molecule has 2 aromatic heterocycles. The first-order valence-corrected chi connectivity index (χ1v) is 5.35. The zero-order valence-corrected chi connectivity index (χ0v) is 10.0. The lowest BCUT2D eigenvalue weighted by Gasteiger charge is -2.07. The molecular formula is C11H13N3O4. The molecule has 0 aliphatic rings. The molecule has 0 spiro atoms. The van der Waals surface area contributed by atoms with Gasteiger partial charge in [0.25, 0.3) is 5.91 Å². The van der Waals surface area contributed by atoms with E-state index in [1.165, 1.54) is 12.5 Å². The molecule has 2 rings (SSSR count). The van der Waals surface area contributed by atoms with Crippen LogP contribution >= 0.6 is 0 Å². The number of ether oxygens (including phenoxy) is 1. The van der Waals surface area contributed by atoms with Gasteiger partial charge >= 0.3 is 0 Å². The molecule has 0 fully saturated rings. The Labute approximate surface area is 103 Å². The van der Waals surface area contributed by atoms with Crippen LogP contribution in [-0.4, -0.2) is 23.2 Å². The minimum Gasteiger partial charge on any atom is -0.472 e. The molecule has 1 N–H and O–H groups in total. The zero-order valence-electron chi connectivity index (χ0n) is 10.0. The van der Waals surface area contributed by atoms with E-state index in [0.29, 0.717) is 17.3 Å². The first-order chi connectivity index (χ1) is 8.70. The summed E-state index contributed by atoms with van der Waals surface area (Å²) >= 11 is 0. The summed E-state index contributed by atoms with van der Waals surface area (Å²) in [6.07, 6.45) is 2.80. The second-order valence-corrected chi connectivity index (χ2v) is 3.69. The normalized spacial score (nSPS) is 12.3. The lowest BCUT2D eigenvalue weighted by atomic mass is 10.2. The minimum atomic E-state index is -0.384. The molecule has 0 saturated carbocycles. The molecule has 0 bridgehead atoms. The van der Waals surface area contributed by atoms with Crippen LogP contribution in [0.5, 0.6) is 0 Å². The Bertz CT molecular complexity index is 506. The Balaban J connectivity index is 1.98. The quantitative estimate of drug-likeness (QED) is 0.861. The van der Waals surface area contributed by atoms with Gasteiger partial charge < -0.3 is 19.0 Å². The van der Waals surface area contributed by atoms with Gasteiger partial charge in [-0.05, 0) is 13.0 Å². The molecule has 0 saturated heterocycles. The van der Waals surface area contributed by atoms with Crippen molar-refractivity contribution < 1.29 is 18.5 Å². The number of methoxy groups -OCH3 is 1. The Morgan fingerprint density at radius 2 is 2.44 bits per heavy atom. The summed E-state index contributed by atoms with van der Waals surface area (Å²) in [5, 5.41) is 6.43. The van der Waals surface area contributed by atoms with Crippen LogP contribution in [0.4, 0.5) is 0 Å². The van der Waals surface area contributed by atoms with Gasteiger partial charge in [0, 0.05) is 7.11 Å². The highest BCUT2D eigenvalue weighted by Gasteiger charge is 2.17. The van der Waals surface area contributed by atoms with Crippen LogP contribution < -0.4 is 5.32 Å². The lowest BCUT2D eigenvalue weighted by molar-refractivity contribution is 0.0932. The number of rotatable bonds is 5. The number of carbonyl (C=O) groups is 1. The van der Waals surface area contributed by atoms with Crippen molar-refractivity contribution in [3.63, 3.8) is 0 Å². The van der Waals surface area contributed by atoms with E-state index in [0.717, 1.165) is 0 Å². The number of nitrogens with zero attached hydrogens (tertiary/aromatic N) is 2. The van der Waals surface area contributed by atoms with Crippen molar-refractivity contribution in [3.8, 4) is 0 Å². The van der Waals surface area contributed by atoms with Crippen LogP contribution in [-0.2, 0) is 11.3 Å². The predicted octanol–water partition coefficient (Wildman–Crippen LogP) is 1.30. The summed E-state index contributed by atoms with van der Waals surface area (Å²) in [4.78, 5) is 15.8. The molecule has 18 heavy (non-hydrogen) atoms. The maximum absolute atomic E-state index is 11.7. The fraction of sp³-hybridized carbons (Fsp3) is 0.364. The fourth-order valence-corrected chi connectivity index (χ4v) is 1.37. The molecule has 2 aromatic rings. The summed E-state index contributed by atoms with van der Waals surface area (Å²) < 4.78 is 14.7. The highest BCUT2D eigenvalue weighted by molar-refractivity contribution is 5.93. The highest BCUT2D eigenvalue weighted by atomic mass is 16.5. The second-order valence-electron chi connectivity index (χ2n) is 3.69. The molecule has 0 aliphatic carbocycles. The van der Waals surface area contributed by atoms with E-state index in [4.69, 9.17) is 13.7 Å². The zero-order chi connectivity index (χ0) is 13.0. The third-order valence-electron chi connectivity index (χ3n) is 2.26. The topological polar surface area (TPSA) is 90.4 Å². The molecule has 0 aliphatic heterocycles. The summed E-state index contributed by atoms with van der Waals surface area (Å²) in [6.45, 7) is 2.02. The van der Waals surface area contributed by atoms with Crippen LogP contribution in [0.1, 0.15) is 35.0 Å². The van der Waals surface area contributed by atoms with Crippen LogP contribution in [0.15, 0.2) is 27.5 Å². The monoisotopic (exact) mass is 251 g/mol. The molecular weight excluding hydrogens is 238 g/mol. The Kier molecular flexibility index (Phi) is 3.73. The van der Waals surface area contributed by atoms with Gasteiger partial charge in [0.2, 0.25) is 5.89 Å². The molecule has 7 nitrogen and oxygen atoms in total. The van der Waals surface area contributed by atoms with Gasteiger partial charge in [0.1, 0.15) is 18.9 Å². The van der Waals surface area contributed by atoms with Gasteiger partial charge in [-0.25, -0.2) is 0 Å². The maximum Gasteiger partial charge on any atom is 0.255 e. The second kappa shape index (κ2) is 5.46. The third kappa shape index (κ3) is 2.75. The molecule has 1 atom stereocenters. The van der Waals surface area contributed by atoms with Crippen molar-refractivity contribution in [1.29, 1.82) is 0 Å². The van der Waals surface area contributed by atoms with Crippen molar-refractivity contribution in [1.82, 2.24) is 15.5 Å². The van der Waals surface area contributed by atoms with Crippen LogP contribution in [0, 0.1) is 0 Å². The summed E-state index contributed by atoms with van der Waals surface area (Å²) in [5.41, 5.74) is 0.443. The summed E-state index contributed by atoms with van der Waals surface area (Å²) in [7, 11) is 1.54. The minimum absolute atomic E-state index is 0.261. The SMILES string of the molecule is COCc1noc(C(C)NC(=O)c2ccoc2)n1. The Hall–Kier alpha value is -2.15. The van der Waals surface area contributed by atoms with Crippen molar-refractivity contribution >= 4 is 5.91 Å². The van der Waals surface area contributed by atoms with Gasteiger partial charge in [-0.2, -0.15) is 4.98 Å². The average Bonchev–Trinajstić information content (AvgIpc) is 3.00. The van der Waals surface area contributed by atoms with E-state index in [2.05, 4.69) is 15.5 Å². The van der Waals surface area contributed by atoms with Crippen LogP contribution in [0.2, 0.25) is 0 Å². The number of amides is 1. The molecule has 2 heterocycles. The van der Waals surface area contributed by atoms with E-state index in [9.17, 15) is 4.79 Å². The first-order valence-electron chi connectivity index (χ1n) is 5.35. The van der Waals surface area contributed by atoms with Crippen molar-refractivity contribution in [2.45, 2.75) is 19.6 Å². The predicted molar refractivity (Wildman–Crippen MR) is 59.6 cm³/mol. The molecule has 7 heteroatoms. The van der Waals surface area contributed by atoms with Crippen molar-refractivity contribution in [2.75, 3.05) is 7.11 Å². The van der Waals surface area contributed by atoms with E-state index >= 15 is 0 Å². The van der Waals surface area contributed by atoms with E-state index in [-0.39, 0.29) is 18.6 Å². The number of nitrogens with one attached hydrogen (secondary N) is 1. The Morgan fingerprint density at radius 1 is 1.61 bits per heavy atom. The smallest absolute Gasteiger partial charge is 0.255 e. The molecule has 0 radical (unpaired) electrons. The van der Waals surface area contributed by atoms with Crippen molar-refractivity contribution in [2.24, 2.45) is 0 Å². The number of hydrogen-bond donors (Lipinski definition) is 1. The Morgan fingerprint density at radius 3 is 3.11 bits per heavy atom. The number of hydrogen-bond acceptors (Lipinski definition) is 6. The highest BCUT2D eigenvalue weighted by Crippen LogP contribution is 2.11. The van der Waals surface area contributed by atoms with Crippen molar-refractivity contribution in [3.05, 3.63) is 35.9 Å². The summed E-state index contributed by atoms with van der Waals surface area (Å²) in [5.74, 6) is 0.513. The first kappa shape index (κ1) is 12.3. The van der Waals surface area contributed by atoms with Gasteiger partial charge in [-0.3, -0.25) is 4.79 Å². The van der Waals surface area contributed by atoms with Gasteiger partial charge in [-0.15, -0.1) is 0 Å². The number of aromatic nitrogens is 2. The molecule has 0 aromatic carbocycles. The van der Waals surface area contributed by atoms with Gasteiger partial charge in [-0.1, -0.05) is 5.16 Å². The summed E-state index contributed by atoms with van der Waals surface area (Å²) in [6, 6.07) is 1.19. The number of carbonyl (C=O) groups excluding carboxylic acids is 1. The van der Waals surface area contributed by atoms with E-state index < -0.39 is 0 Å². The molecule has 1 unspecified atom stereocenters. The molecule has 96 valence electrons. The van der Waals surface area contributed by atoms with Crippen LogP contribution in [0.3, 0.4) is 0 Å². The van der Waals surface area contributed by atoms with E-state index in [1.807, 2.05) is 0 Å². The number of furan rings is 1. The van der Waals surface area contributed by atoms with Crippen LogP contribution in [0.25, 0.3) is 0 Å². The molecule has 1 amide bonds. The van der Waals surface area contributed by atoms with E-state index in [1.54, 1.807) is 20.1 Å². The third-order valence-corrected chi connectivity index (χ3v) is 2.26. The maximum atomic E-state index is 11.7. The largest absolute Gasteiger partial charge is 0.472 e. The van der Waals surface area contributed by atoms with Gasteiger partial charge in [0.05, 0.1) is 11.8 Å².